The molecular weight excluding hydrogens is 390 g/mol. The monoisotopic (exact) mass is 415 g/mol. The Balaban J connectivity index is 1.62. The summed E-state index contributed by atoms with van der Waals surface area (Å²) in [6, 6.07) is 16.8. The molecular formula is C25H25N3O3. The summed E-state index contributed by atoms with van der Waals surface area (Å²) in [6.45, 7) is 2.42. The molecule has 1 aliphatic heterocycles. The van der Waals surface area contributed by atoms with Crippen LogP contribution < -0.4 is 10.2 Å². The third kappa shape index (κ3) is 4.49. The first-order chi connectivity index (χ1) is 15.1. The zero-order valence-electron chi connectivity index (χ0n) is 17.5. The van der Waals surface area contributed by atoms with Crippen LogP contribution in [0.3, 0.4) is 0 Å². The average molecular weight is 415 g/mol. The fourth-order valence-corrected chi connectivity index (χ4v) is 3.98. The first-order valence-electron chi connectivity index (χ1n) is 10.4. The number of ketones is 1. The van der Waals surface area contributed by atoms with Crippen LogP contribution in [-0.2, 0) is 12.8 Å². The lowest BCUT2D eigenvalue weighted by atomic mass is 10.0. The molecule has 2 N–H and O–H groups in total. The molecule has 0 unspecified atom stereocenters. The summed E-state index contributed by atoms with van der Waals surface area (Å²) in [6.07, 6.45) is 3.02. The molecule has 1 aliphatic rings. The number of aliphatic hydroxyl groups is 1. The maximum atomic E-state index is 13.4. The van der Waals surface area contributed by atoms with Gasteiger partial charge in [-0.1, -0.05) is 24.3 Å². The van der Waals surface area contributed by atoms with Gasteiger partial charge in [-0.05, 0) is 54.8 Å². The predicted octanol–water partition coefficient (Wildman–Crippen LogP) is 3.48. The molecule has 0 saturated carbocycles. The van der Waals surface area contributed by atoms with Gasteiger partial charge in [-0.3, -0.25) is 14.6 Å². The van der Waals surface area contributed by atoms with Crippen LogP contribution >= 0.6 is 0 Å². The van der Waals surface area contributed by atoms with Gasteiger partial charge in [-0.15, -0.1) is 0 Å². The molecule has 0 atom stereocenters. The topological polar surface area (TPSA) is 82.5 Å². The molecule has 1 amide bonds. The number of Topliss-reactive ketones (excluding diaryl/α,β-unsaturated/α-hetero) is 1. The highest BCUT2D eigenvalue weighted by Gasteiger charge is 2.24. The molecule has 0 spiro atoms. The number of aromatic nitrogens is 1. The minimum atomic E-state index is -0.142. The Labute approximate surface area is 181 Å². The number of amides is 1. The van der Waals surface area contributed by atoms with Crippen molar-refractivity contribution >= 4 is 23.1 Å². The van der Waals surface area contributed by atoms with Crippen LogP contribution in [0.2, 0.25) is 0 Å². The number of hydrogen-bond acceptors (Lipinski definition) is 5. The van der Waals surface area contributed by atoms with Crippen LogP contribution in [-0.4, -0.2) is 41.5 Å². The summed E-state index contributed by atoms with van der Waals surface area (Å²) < 4.78 is 0. The van der Waals surface area contributed by atoms with E-state index in [9.17, 15) is 14.7 Å². The number of nitrogens with zero attached hydrogens (tertiary/aromatic N) is 2. The summed E-state index contributed by atoms with van der Waals surface area (Å²) in [4.78, 5) is 31.1. The number of anilines is 2. The van der Waals surface area contributed by atoms with Crippen molar-refractivity contribution in [2.45, 2.75) is 19.8 Å². The van der Waals surface area contributed by atoms with Crippen LogP contribution in [0.4, 0.5) is 11.4 Å². The normalized spacial score (nSPS) is 12.2. The Morgan fingerprint density at radius 1 is 1.13 bits per heavy atom. The van der Waals surface area contributed by atoms with Crippen molar-refractivity contribution in [1.29, 1.82) is 0 Å². The van der Waals surface area contributed by atoms with Crippen molar-refractivity contribution in [3.63, 3.8) is 0 Å². The van der Waals surface area contributed by atoms with Gasteiger partial charge in [-0.25, -0.2) is 0 Å². The van der Waals surface area contributed by atoms with E-state index in [0.717, 1.165) is 35.5 Å². The molecule has 0 bridgehead atoms. The van der Waals surface area contributed by atoms with Crippen LogP contribution in [0, 0.1) is 0 Å². The Morgan fingerprint density at radius 2 is 1.97 bits per heavy atom. The predicted molar refractivity (Wildman–Crippen MR) is 121 cm³/mol. The molecule has 6 heteroatoms. The van der Waals surface area contributed by atoms with Crippen LogP contribution in [0.15, 0.2) is 60.8 Å². The summed E-state index contributed by atoms with van der Waals surface area (Å²) in [5, 5.41) is 12.9. The maximum absolute atomic E-state index is 13.4. The average Bonchev–Trinajstić information content (AvgIpc) is 3.26. The van der Waals surface area contributed by atoms with Gasteiger partial charge in [0.05, 0.1) is 6.61 Å². The molecule has 0 aliphatic carbocycles. The van der Waals surface area contributed by atoms with Gasteiger partial charge in [0.1, 0.15) is 0 Å². The van der Waals surface area contributed by atoms with E-state index in [4.69, 9.17) is 0 Å². The molecule has 158 valence electrons. The Kier molecular flexibility index (Phi) is 6.09. The molecule has 0 saturated heterocycles. The highest BCUT2D eigenvalue weighted by Crippen LogP contribution is 2.28. The van der Waals surface area contributed by atoms with Crippen molar-refractivity contribution in [2.24, 2.45) is 0 Å². The van der Waals surface area contributed by atoms with E-state index in [0.29, 0.717) is 23.2 Å². The molecule has 0 fully saturated rings. The van der Waals surface area contributed by atoms with Crippen molar-refractivity contribution in [1.82, 2.24) is 4.98 Å². The van der Waals surface area contributed by atoms with E-state index in [2.05, 4.69) is 10.3 Å². The van der Waals surface area contributed by atoms with Gasteiger partial charge in [-0.2, -0.15) is 0 Å². The van der Waals surface area contributed by atoms with E-state index in [1.807, 2.05) is 42.5 Å². The quantitative estimate of drug-likeness (QED) is 0.578. The lowest BCUT2D eigenvalue weighted by molar-refractivity contribution is 0.0978. The number of fused-ring (bicyclic) bond motifs is 1. The number of benzene rings is 2. The fraction of sp³-hybridized carbons (Fsp3) is 0.240. The van der Waals surface area contributed by atoms with Gasteiger partial charge < -0.3 is 15.3 Å². The number of nitrogens with one attached hydrogen (secondary N) is 1. The van der Waals surface area contributed by atoms with Crippen molar-refractivity contribution in [2.75, 3.05) is 29.9 Å². The molecule has 4 rings (SSSR count). The SMILES string of the molecule is CC(=O)c1cccc(Cc2cc(N(CCO)C(=O)c3cccc4c3CCN4)ccn2)c1. The number of pyridine rings is 1. The standard InChI is InChI=1S/C25H25N3O3/c1-17(30)19-5-2-4-18(14-19)15-20-16-21(8-10-26-20)28(12-13-29)25(31)23-6-3-7-24-22(23)9-11-27-24/h2-8,10,14,16,27,29H,9,11-13,15H2,1H3. The second-order valence-electron chi connectivity index (χ2n) is 7.63. The molecule has 31 heavy (non-hydrogen) atoms. The Morgan fingerprint density at radius 3 is 2.77 bits per heavy atom. The van der Waals surface area contributed by atoms with Crippen molar-refractivity contribution in [3.05, 3.63) is 88.7 Å². The molecule has 3 aromatic rings. The molecule has 1 aromatic heterocycles. The van der Waals surface area contributed by atoms with Crippen LogP contribution in [0.1, 0.15) is 44.5 Å². The second kappa shape index (κ2) is 9.10. The lowest BCUT2D eigenvalue weighted by Crippen LogP contribution is -2.34. The number of rotatable bonds is 7. The molecule has 2 heterocycles. The zero-order chi connectivity index (χ0) is 21.8. The molecule has 6 nitrogen and oxygen atoms in total. The number of aliphatic hydroxyl groups excluding tert-OH is 1. The lowest BCUT2D eigenvalue weighted by Gasteiger charge is -2.23. The largest absolute Gasteiger partial charge is 0.395 e. The zero-order valence-corrected chi connectivity index (χ0v) is 17.5. The van der Waals surface area contributed by atoms with Crippen molar-refractivity contribution < 1.29 is 14.7 Å². The smallest absolute Gasteiger partial charge is 0.258 e. The van der Waals surface area contributed by atoms with Crippen molar-refractivity contribution in [3.8, 4) is 0 Å². The summed E-state index contributed by atoms with van der Waals surface area (Å²) in [5.74, 6) is -0.113. The molecule has 0 radical (unpaired) electrons. The van der Waals surface area contributed by atoms with Crippen LogP contribution in [0.25, 0.3) is 0 Å². The summed E-state index contributed by atoms with van der Waals surface area (Å²) in [5.41, 5.74) is 5.79. The van der Waals surface area contributed by atoms with E-state index in [-0.39, 0.29) is 24.8 Å². The first-order valence-corrected chi connectivity index (χ1v) is 10.4. The van der Waals surface area contributed by atoms with Gasteiger partial charge >= 0.3 is 0 Å². The third-order valence-electron chi connectivity index (χ3n) is 5.50. The Bertz CT molecular complexity index is 1130. The van der Waals surface area contributed by atoms with Crippen LogP contribution in [0.5, 0.6) is 0 Å². The van der Waals surface area contributed by atoms with E-state index in [1.54, 1.807) is 30.2 Å². The van der Waals surface area contributed by atoms with Gasteiger partial charge in [0.25, 0.3) is 5.91 Å². The molecule has 2 aromatic carbocycles. The fourth-order valence-electron chi connectivity index (χ4n) is 3.98. The minimum absolute atomic E-state index is 0.0214. The number of carbonyl (C=O) groups excluding carboxylic acids is 2. The Hall–Kier alpha value is -3.51. The van der Waals surface area contributed by atoms with E-state index < -0.39 is 0 Å². The number of carbonyl (C=O) groups is 2. The van der Waals surface area contributed by atoms with Gasteiger partial charge in [0.15, 0.2) is 5.78 Å². The highest BCUT2D eigenvalue weighted by atomic mass is 16.3. The summed E-state index contributed by atoms with van der Waals surface area (Å²) in [7, 11) is 0. The minimum Gasteiger partial charge on any atom is -0.395 e. The summed E-state index contributed by atoms with van der Waals surface area (Å²) >= 11 is 0. The first kappa shape index (κ1) is 20.8. The maximum Gasteiger partial charge on any atom is 0.258 e. The second-order valence-corrected chi connectivity index (χ2v) is 7.63. The van der Waals surface area contributed by atoms with E-state index >= 15 is 0 Å². The highest BCUT2D eigenvalue weighted by molar-refractivity contribution is 6.08. The van der Waals surface area contributed by atoms with E-state index in [1.165, 1.54) is 0 Å². The number of hydrogen-bond donors (Lipinski definition) is 2. The van der Waals surface area contributed by atoms with Gasteiger partial charge in [0, 0.05) is 53.9 Å². The third-order valence-corrected chi connectivity index (χ3v) is 5.50. The van der Waals surface area contributed by atoms with Gasteiger partial charge in [0.2, 0.25) is 0 Å².